The molecule has 1 atom stereocenters. The Morgan fingerprint density at radius 2 is 2.11 bits per heavy atom. The van der Waals surface area contributed by atoms with Crippen LogP contribution in [0.15, 0.2) is 42.9 Å². The maximum Gasteiger partial charge on any atom is 0.222 e. The van der Waals surface area contributed by atoms with Gasteiger partial charge in [0.15, 0.2) is 0 Å². The molecular formula is C21H23N5O. The van der Waals surface area contributed by atoms with Crippen molar-refractivity contribution in [1.29, 1.82) is 5.26 Å². The van der Waals surface area contributed by atoms with E-state index < -0.39 is 0 Å². The predicted octanol–water partition coefficient (Wildman–Crippen LogP) is 2.76. The second-order valence-corrected chi connectivity index (χ2v) is 7.65. The molecule has 0 radical (unpaired) electrons. The Labute approximate surface area is 159 Å². The maximum absolute atomic E-state index is 12.5. The number of carbonyl (C=O) groups is 1. The fraction of sp³-hybridized carbons (Fsp3) is 0.429. The average Bonchev–Trinajstić information content (AvgIpc) is 2.72. The van der Waals surface area contributed by atoms with Crippen LogP contribution in [0.4, 0.5) is 5.82 Å². The molecule has 2 aliphatic heterocycles. The van der Waals surface area contributed by atoms with Crippen molar-refractivity contribution in [2.75, 3.05) is 24.5 Å². The molecule has 6 nitrogen and oxygen atoms in total. The molecule has 1 amide bonds. The van der Waals surface area contributed by atoms with E-state index in [-0.39, 0.29) is 11.3 Å². The Morgan fingerprint density at radius 1 is 1.19 bits per heavy atom. The lowest BCUT2D eigenvalue weighted by Crippen LogP contribution is -2.54. The van der Waals surface area contributed by atoms with Gasteiger partial charge in [0.05, 0.1) is 5.56 Å². The molecule has 0 bridgehead atoms. The Morgan fingerprint density at radius 3 is 2.85 bits per heavy atom. The van der Waals surface area contributed by atoms with Gasteiger partial charge in [-0.25, -0.2) is 4.98 Å². The topological polar surface area (TPSA) is 73.1 Å². The van der Waals surface area contributed by atoms with Gasteiger partial charge in [-0.15, -0.1) is 0 Å². The lowest BCUT2D eigenvalue weighted by atomic mass is 9.73. The molecule has 2 fully saturated rings. The first-order valence-corrected chi connectivity index (χ1v) is 9.45. The number of carbonyl (C=O) groups excluding carboxylic acids is 1. The minimum absolute atomic E-state index is 0.115. The zero-order valence-electron chi connectivity index (χ0n) is 15.3. The Kier molecular flexibility index (Phi) is 4.76. The van der Waals surface area contributed by atoms with Crippen molar-refractivity contribution >= 4 is 11.7 Å². The molecule has 0 aliphatic carbocycles. The molecule has 0 aromatic carbocycles. The highest BCUT2D eigenvalue weighted by molar-refractivity contribution is 5.77. The number of hydrogen-bond donors (Lipinski definition) is 0. The number of rotatable bonds is 3. The quantitative estimate of drug-likeness (QED) is 0.840. The number of nitriles is 1. The third kappa shape index (κ3) is 3.77. The van der Waals surface area contributed by atoms with Crippen LogP contribution in [0.25, 0.3) is 0 Å². The van der Waals surface area contributed by atoms with Crippen molar-refractivity contribution in [3.63, 3.8) is 0 Å². The highest BCUT2D eigenvalue weighted by atomic mass is 16.2. The third-order valence-electron chi connectivity index (χ3n) is 5.71. The summed E-state index contributed by atoms with van der Waals surface area (Å²) in [6.07, 6.45) is 9.00. The summed E-state index contributed by atoms with van der Waals surface area (Å²) in [4.78, 5) is 25.4. The largest absolute Gasteiger partial charge is 0.356 e. The molecule has 4 rings (SSSR count). The van der Waals surface area contributed by atoms with E-state index >= 15 is 0 Å². The first-order chi connectivity index (χ1) is 13.2. The van der Waals surface area contributed by atoms with Crippen LogP contribution in [0, 0.1) is 16.7 Å². The summed E-state index contributed by atoms with van der Waals surface area (Å²) in [5, 5.41) is 8.97. The van der Waals surface area contributed by atoms with E-state index in [4.69, 9.17) is 5.26 Å². The first kappa shape index (κ1) is 17.5. The number of aromatic nitrogens is 2. The van der Waals surface area contributed by atoms with E-state index in [9.17, 15) is 4.79 Å². The van der Waals surface area contributed by atoms with Gasteiger partial charge < -0.3 is 9.80 Å². The average molecular weight is 361 g/mol. The molecule has 27 heavy (non-hydrogen) atoms. The van der Waals surface area contributed by atoms with Crippen LogP contribution in [0.3, 0.4) is 0 Å². The lowest BCUT2D eigenvalue weighted by Gasteiger charge is -2.48. The fourth-order valence-corrected chi connectivity index (χ4v) is 4.33. The van der Waals surface area contributed by atoms with E-state index in [1.165, 1.54) is 0 Å². The summed E-state index contributed by atoms with van der Waals surface area (Å²) in [6.45, 7) is 3.29. The summed E-state index contributed by atoms with van der Waals surface area (Å²) < 4.78 is 0. The highest BCUT2D eigenvalue weighted by Gasteiger charge is 2.42. The molecule has 138 valence electrons. The van der Waals surface area contributed by atoms with Gasteiger partial charge in [0.25, 0.3) is 0 Å². The van der Waals surface area contributed by atoms with Gasteiger partial charge in [0.1, 0.15) is 11.9 Å². The Bertz CT molecular complexity index is 845. The number of hydrogen-bond acceptors (Lipinski definition) is 5. The van der Waals surface area contributed by atoms with Crippen LogP contribution in [0.1, 0.15) is 36.8 Å². The second-order valence-electron chi connectivity index (χ2n) is 7.65. The normalized spacial score (nSPS) is 22.7. The number of piperidine rings is 2. The summed E-state index contributed by atoms with van der Waals surface area (Å²) in [5.74, 6) is 1.15. The van der Waals surface area contributed by atoms with Crippen LogP contribution in [-0.4, -0.2) is 40.4 Å². The highest BCUT2D eigenvalue weighted by Crippen LogP contribution is 2.40. The van der Waals surface area contributed by atoms with E-state index in [0.717, 1.165) is 50.3 Å². The van der Waals surface area contributed by atoms with Crippen molar-refractivity contribution in [3.8, 4) is 6.07 Å². The standard InChI is InChI=1S/C21H23N5O/c22-11-17-4-5-19(24-13-17)25-10-2-7-21(15-25)8-6-20(27)26(16-21)14-18-3-1-9-23-12-18/h1,3-5,9,12-13H,2,6-8,10,14-16H2/t21-/m1/s1. The smallest absolute Gasteiger partial charge is 0.222 e. The lowest BCUT2D eigenvalue weighted by molar-refractivity contribution is -0.138. The molecular weight excluding hydrogens is 338 g/mol. The molecule has 2 saturated heterocycles. The number of amides is 1. The van der Waals surface area contributed by atoms with E-state index in [1.54, 1.807) is 12.4 Å². The fourth-order valence-electron chi connectivity index (χ4n) is 4.33. The number of anilines is 1. The van der Waals surface area contributed by atoms with Gasteiger partial charge in [-0.2, -0.15) is 5.26 Å². The van der Waals surface area contributed by atoms with Crippen molar-refractivity contribution in [3.05, 3.63) is 54.0 Å². The van der Waals surface area contributed by atoms with Crippen LogP contribution in [0.2, 0.25) is 0 Å². The van der Waals surface area contributed by atoms with Crippen LogP contribution >= 0.6 is 0 Å². The van der Waals surface area contributed by atoms with Crippen molar-refractivity contribution in [1.82, 2.24) is 14.9 Å². The number of pyridine rings is 2. The van der Waals surface area contributed by atoms with Gasteiger partial charge in [-0.3, -0.25) is 9.78 Å². The monoisotopic (exact) mass is 361 g/mol. The van der Waals surface area contributed by atoms with Gasteiger partial charge in [-0.05, 0) is 43.0 Å². The minimum atomic E-state index is 0.115. The number of likely N-dealkylation sites (tertiary alicyclic amines) is 1. The van der Waals surface area contributed by atoms with Crippen molar-refractivity contribution in [2.24, 2.45) is 5.41 Å². The maximum atomic E-state index is 12.5. The van der Waals surface area contributed by atoms with E-state index in [2.05, 4.69) is 20.9 Å². The van der Waals surface area contributed by atoms with Gasteiger partial charge in [0, 0.05) is 56.6 Å². The molecule has 0 saturated carbocycles. The Hall–Kier alpha value is -2.94. The second kappa shape index (κ2) is 7.36. The molecule has 1 spiro atoms. The minimum Gasteiger partial charge on any atom is -0.356 e. The molecule has 6 heteroatoms. The van der Waals surface area contributed by atoms with Gasteiger partial charge in [-0.1, -0.05) is 6.07 Å². The SMILES string of the molecule is N#Cc1ccc(N2CCC[C@@]3(CCC(=O)N(Cc4cccnc4)C3)C2)nc1. The summed E-state index contributed by atoms with van der Waals surface area (Å²) >= 11 is 0. The molecule has 4 heterocycles. The first-order valence-electron chi connectivity index (χ1n) is 9.45. The summed E-state index contributed by atoms with van der Waals surface area (Å²) in [5.41, 5.74) is 1.77. The van der Waals surface area contributed by atoms with Crippen LogP contribution < -0.4 is 4.90 Å². The number of nitrogens with zero attached hydrogens (tertiary/aromatic N) is 5. The molecule has 0 N–H and O–H groups in total. The zero-order chi connectivity index (χ0) is 18.7. The summed E-state index contributed by atoms with van der Waals surface area (Å²) in [6, 6.07) is 9.81. The zero-order valence-corrected chi connectivity index (χ0v) is 15.3. The van der Waals surface area contributed by atoms with Crippen molar-refractivity contribution in [2.45, 2.75) is 32.2 Å². The molecule has 2 aliphatic rings. The third-order valence-corrected chi connectivity index (χ3v) is 5.71. The summed E-state index contributed by atoms with van der Waals surface area (Å²) in [7, 11) is 0. The van der Waals surface area contributed by atoms with E-state index in [0.29, 0.717) is 18.5 Å². The van der Waals surface area contributed by atoms with Gasteiger partial charge >= 0.3 is 0 Å². The van der Waals surface area contributed by atoms with Crippen molar-refractivity contribution < 1.29 is 4.79 Å². The molecule has 0 unspecified atom stereocenters. The predicted molar refractivity (Wildman–Crippen MR) is 102 cm³/mol. The molecule has 2 aromatic heterocycles. The van der Waals surface area contributed by atoms with Crippen LogP contribution in [0.5, 0.6) is 0 Å². The van der Waals surface area contributed by atoms with Crippen LogP contribution in [-0.2, 0) is 11.3 Å². The van der Waals surface area contributed by atoms with Gasteiger partial charge in [0.2, 0.25) is 5.91 Å². The Balaban J connectivity index is 1.49. The molecule has 2 aromatic rings. The van der Waals surface area contributed by atoms with E-state index in [1.807, 2.05) is 35.4 Å².